The molecule has 2 atom stereocenters. The summed E-state index contributed by atoms with van der Waals surface area (Å²) in [4.78, 5) is 7.08. The predicted molar refractivity (Wildman–Crippen MR) is 120 cm³/mol. The monoisotopic (exact) mass is 422 g/mol. The van der Waals surface area contributed by atoms with Crippen molar-refractivity contribution >= 4 is 28.9 Å². The van der Waals surface area contributed by atoms with Crippen LogP contribution in [-0.2, 0) is 0 Å². The van der Waals surface area contributed by atoms with Crippen LogP contribution in [0.4, 0.5) is 0 Å². The largest absolute Gasteiger partial charge is 0.352 e. The molecule has 1 saturated carbocycles. The van der Waals surface area contributed by atoms with Gasteiger partial charge in [0.1, 0.15) is 0 Å². The van der Waals surface area contributed by atoms with E-state index in [9.17, 15) is 0 Å². The first kappa shape index (κ1) is 18.6. The molecule has 2 aliphatic rings. The first-order valence-corrected chi connectivity index (χ1v) is 10.9. The highest BCUT2D eigenvalue weighted by Crippen LogP contribution is 2.43. The van der Waals surface area contributed by atoms with Gasteiger partial charge in [0.25, 0.3) is 0 Å². The topological polar surface area (TPSA) is 33.1 Å². The Labute approximate surface area is 181 Å². The van der Waals surface area contributed by atoms with Crippen LogP contribution in [-0.4, -0.2) is 25.6 Å². The van der Waals surface area contributed by atoms with Crippen molar-refractivity contribution in [2.24, 2.45) is 0 Å². The standard InChI is InChI=1S/C23H23ClN4S/c24-16-7-5-10-18(15-16)27-14-6-12-20(27)22-21(19-11-3-4-13-25-19)26-23(29)28(22)17-8-1-2-9-17/h3-7,10-15,17,21-22H,1-2,8-9H2,(H,26,29)/t21-,22+/m0/s1. The molecule has 1 N–H and O–H groups in total. The van der Waals surface area contributed by atoms with Crippen LogP contribution in [0.5, 0.6) is 0 Å². The first-order chi connectivity index (χ1) is 14.2. The van der Waals surface area contributed by atoms with Crippen molar-refractivity contribution in [3.05, 3.63) is 83.4 Å². The molecule has 0 spiro atoms. The average Bonchev–Trinajstić information content (AvgIpc) is 3.48. The summed E-state index contributed by atoms with van der Waals surface area (Å²) in [5, 5.41) is 5.14. The lowest BCUT2D eigenvalue weighted by atomic mass is 9.99. The lowest BCUT2D eigenvalue weighted by Gasteiger charge is -2.33. The van der Waals surface area contributed by atoms with E-state index in [1.165, 1.54) is 31.4 Å². The summed E-state index contributed by atoms with van der Waals surface area (Å²) >= 11 is 12.1. The minimum absolute atomic E-state index is 0.0112. The molecule has 0 amide bonds. The molecule has 1 aliphatic carbocycles. The van der Waals surface area contributed by atoms with Gasteiger partial charge in [0.2, 0.25) is 0 Å². The quantitative estimate of drug-likeness (QED) is 0.567. The summed E-state index contributed by atoms with van der Waals surface area (Å²) in [6.45, 7) is 0. The van der Waals surface area contributed by atoms with Gasteiger partial charge in [-0.2, -0.15) is 0 Å². The van der Waals surface area contributed by atoms with Gasteiger partial charge in [-0.1, -0.05) is 36.6 Å². The number of rotatable bonds is 4. The third-order valence-corrected chi connectivity index (χ3v) is 6.59. The molecule has 0 unspecified atom stereocenters. The number of aromatic nitrogens is 2. The van der Waals surface area contributed by atoms with E-state index >= 15 is 0 Å². The molecule has 2 aromatic heterocycles. The third-order valence-electron chi connectivity index (χ3n) is 6.02. The van der Waals surface area contributed by atoms with Gasteiger partial charge in [0.05, 0.1) is 17.8 Å². The number of thiocarbonyl (C=S) groups is 1. The molecule has 1 saturated heterocycles. The molecule has 148 valence electrons. The van der Waals surface area contributed by atoms with Crippen LogP contribution in [0.1, 0.15) is 49.2 Å². The Morgan fingerprint density at radius 3 is 2.66 bits per heavy atom. The van der Waals surface area contributed by atoms with Crippen molar-refractivity contribution < 1.29 is 0 Å². The fourth-order valence-corrected chi connectivity index (χ4v) is 5.33. The third kappa shape index (κ3) is 3.43. The first-order valence-electron chi connectivity index (χ1n) is 10.2. The Morgan fingerprint density at radius 2 is 1.90 bits per heavy atom. The zero-order valence-corrected chi connectivity index (χ0v) is 17.6. The maximum atomic E-state index is 6.29. The zero-order valence-electron chi connectivity index (χ0n) is 16.0. The van der Waals surface area contributed by atoms with E-state index in [1.807, 2.05) is 36.5 Å². The van der Waals surface area contributed by atoms with Crippen molar-refractivity contribution in [1.82, 2.24) is 19.8 Å². The van der Waals surface area contributed by atoms with Crippen LogP contribution in [0, 0.1) is 0 Å². The van der Waals surface area contributed by atoms with Crippen molar-refractivity contribution in [2.75, 3.05) is 0 Å². The van der Waals surface area contributed by atoms with Crippen LogP contribution < -0.4 is 5.32 Å². The number of pyridine rings is 1. The predicted octanol–water partition coefficient (Wildman–Crippen LogP) is 5.44. The van der Waals surface area contributed by atoms with Crippen molar-refractivity contribution in [3.63, 3.8) is 0 Å². The van der Waals surface area contributed by atoms with E-state index in [0.717, 1.165) is 21.5 Å². The van der Waals surface area contributed by atoms with Crippen LogP contribution in [0.25, 0.3) is 5.69 Å². The molecule has 2 fully saturated rings. The zero-order chi connectivity index (χ0) is 19.8. The molecule has 3 heterocycles. The van der Waals surface area contributed by atoms with Gasteiger partial charge in [-0.3, -0.25) is 4.98 Å². The van der Waals surface area contributed by atoms with Crippen molar-refractivity contribution in [1.29, 1.82) is 0 Å². The SMILES string of the molecule is S=C1N[C@@H](c2ccccn2)[C@@H](c2cccn2-c2cccc(Cl)c2)N1C1CCCC1. The van der Waals surface area contributed by atoms with Gasteiger partial charge in [0, 0.05) is 34.8 Å². The normalized spacial score (nSPS) is 22.2. The smallest absolute Gasteiger partial charge is 0.170 e. The molecule has 0 bridgehead atoms. The van der Waals surface area contributed by atoms with E-state index in [4.69, 9.17) is 23.8 Å². The summed E-state index contributed by atoms with van der Waals surface area (Å²) in [5.41, 5.74) is 3.27. The molecule has 1 aliphatic heterocycles. The van der Waals surface area contributed by atoms with E-state index in [0.29, 0.717) is 6.04 Å². The second-order valence-electron chi connectivity index (χ2n) is 7.76. The summed E-state index contributed by atoms with van der Waals surface area (Å²) in [6, 6.07) is 18.9. The second kappa shape index (κ2) is 7.81. The molecule has 5 rings (SSSR count). The van der Waals surface area contributed by atoms with Gasteiger partial charge >= 0.3 is 0 Å². The number of hydrogen-bond donors (Lipinski definition) is 1. The molecule has 3 aromatic rings. The molecule has 29 heavy (non-hydrogen) atoms. The van der Waals surface area contributed by atoms with Crippen LogP contribution in [0.15, 0.2) is 67.0 Å². The van der Waals surface area contributed by atoms with Gasteiger partial charge < -0.3 is 14.8 Å². The van der Waals surface area contributed by atoms with E-state index in [1.54, 1.807) is 0 Å². The van der Waals surface area contributed by atoms with Crippen LogP contribution in [0.3, 0.4) is 0 Å². The second-order valence-corrected chi connectivity index (χ2v) is 8.58. The molecule has 0 radical (unpaired) electrons. The molecule has 1 aromatic carbocycles. The number of nitrogens with zero attached hydrogens (tertiary/aromatic N) is 3. The van der Waals surface area contributed by atoms with Crippen molar-refractivity contribution in [2.45, 2.75) is 43.8 Å². The van der Waals surface area contributed by atoms with Crippen LogP contribution in [0.2, 0.25) is 5.02 Å². The highest BCUT2D eigenvalue weighted by molar-refractivity contribution is 7.80. The maximum Gasteiger partial charge on any atom is 0.170 e. The number of halogens is 1. The van der Waals surface area contributed by atoms with Crippen LogP contribution >= 0.6 is 23.8 Å². The number of hydrogen-bond acceptors (Lipinski definition) is 2. The molecular formula is C23H23ClN4S. The fraction of sp³-hybridized carbons (Fsp3) is 0.304. The van der Waals surface area contributed by atoms with E-state index in [2.05, 4.69) is 50.2 Å². The molecule has 4 nitrogen and oxygen atoms in total. The lowest BCUT2D eigenvalue weighted by molar-refractivity contribution is 0.239. The summed E-state index contributed by atoms with van der Waals surface area (Å²) in [7, 11) is 0. The Hall–Kier alpha value is -2.37. The highest BCUT2D eigenvalue weighted by atomic mass is 35.5. The Morgan fingerprint density at radius 1 is 1.03 bits per heavy atom. The minimum Gasteiger partial charge on any atom is -0.352 e. The summed E-state index contributed by atoms with van der Waals surface area (Å²) in [5.74, 6) is 0. The van der Waals surface area contributed by atoms with Gasteiger partial charge in [-0.25, -0.2) is 0 Å². The summed E-state index contributed by atoms with van der Waals surface area (Å²) in [6.07, 6.45) is 8.85. The maximum absolute atomic E-state index is 6.29. The fourth-order valence-electron chi connectivity index (χ4n) is 4.75. The van der Waals surface area contributed by atoms with E-state index in [-0.39, 0.29) is 12.1 Å². The Kier molecular flexibility index (Phi) is 5.02. The minimum atomic E-state index is 0.0112. The number of benzene rings is 1. The number of nitrogens with one attached hydrogen (secondary N) is 1. The average molecular weight is 423 g/mol. The Balaban J connectivity index is 1.62. The summed E-state index contributed by atoms with van der Waals surface area (Å²) < 4.78 is 2.23. The molecular weight excluding hydrogens is 400 g/mol. The van der Waals surface area contributed by atoms with Crippen molar-refractivity contribution in [3.8, 4) is 5.69 Å². The Bertz CT molecular complexity index is 1010. The van der Waals surface area contributed by atoms with Gasteiger partial charge in [-0.05, 0) is 67.5 Å². The van der Waals surface area contributed by atoms with Gasteiger partial charge in [0.15, 0.2) is 5.11 Å². The lowest BCUT2D eigenvalue weighted by Crippen LogP contribution is -2.38. The van der Waals surface area contributed by atoms with E-state index < -0.39 is 0 Å². The highest BCUT2D eigenvalue weighted by Gasteiger charge is 2.44. The molecule has 6 heteroatoms. The van der Waals surface area contributed by atoms with Gasteiger partial charge in [-0.15, -0.1) is 0 Å².